The summed E-state index contributed by atoms with van der Waals surface area (Å²) in [5.41, 5.74) is 9.20. The summed E-state index contributed by atoms with van der Waals surface area (Å²) in [5.74, 6) is 0.430. The van der Waals surface area contributed by atoms with Gasteiger partial charge in [-0.25, -0.2) is 0 Å². The number of ether oxygens (including phenoxy) is 1. The minimum atomic E-state index is -0.343. The van der Waals surface area contributed by atoms with E-state index in [1.165, 1.54) is 0 Å². The summed E-state index contributed by atoms with van der Waals surface area (Å²) in [7, 11) is 0. The normalized spacial score (nSPS) is 15.9. The van der Waals surface area contributed by atoms with Gasteiger partial charge in [-0.05, 0) is 37.6 Å². The SMILES string of the molecule is CCN(CC)c1ccc2c(c1)OC(N)=C(C#N)[C@@H]2c1ccc(Cl)c(Cl)c1. The maximum atomic E-state index is 9.63. The van der Waals surface area contributed by atoms with Crippen molar-refractivity contribution >= 4 is 28.9 Å². The van der Waals surface area contributed by atoms with E-state index < -0.39 is 0 Å². The number of nitrogens with zero attached hydrogens (tertiary/aromatic N) is 2. The predicted molar refractivity (Wildman–Crippen MR) is 106 cm³/mol. The Balaban J connectivity index is 2.15. The molecule has 0 bridgehead atoms. The third-order valence-corrected chi connectivity index (χ3v) is 5.35. The van der Waals surface area contributed by atoms with Gasteiger partial charge in [-0.2, -0.15) is 5.26 Å². The summed E-state index contributed by atoms with van der Waals surface area (Å²) in [5, 5.41) is 10.5. The zero-order valence-corrected chi connectivity index (χ0v) is 16.1. The van der Waals surface area contributed by atoms with Crippen LogP contribution in [0.4, 0.5) is 5.69 Å². The zero-order valence-electron chi connectivity index (χ0n) is 14.6. The molecule has 2 N–H and O–H groups in total. The Labute approximate surface area is 163 Å². The van der Waals surface area contributed by atoms with Crippen LogP contribution in [0.5, 0.6) is 5.75 Å². The molecule has 1 heterocycles. The van der Waals surface area contributed by atoms with Crippen LogP contribution in [0.15, 0.2) is 47.9 Å². The summed E-state index contributed by atoms with van der Waals surface area (Å²) in [6.45, 7) is 5.98. The molecule has 4 nitrogen and oxygen atoms in total. The second kappa shape index (κ2) is 7.49. The van der Waals surface area contributed by atoms with Crippen LogP contribution in [0.25, 0.3) is 0 Å². The molecule has 6 heteroatoms. The first-order chi connectivity index (χ1) is 12.5. The summed E-state index contributed by atoms with van der Waals surface area (Å²) in [6.07, 6.45) is 0. The molecule has 0 saturated carbocycles. The highest BCUT2D eigenvalue weighted by atomic mass is 35.5. The van der Waals surface area contributed by atoms with Crippen molar-refractivity contribution in [1.82, 2.24) is 0 Å². The molecule has 0 saturated heterocycles. The van der Waals surface area contributed by atoms with E-state index in [1.54, 1.807) is 12.1 Å². The summed E-state index contributed by atoms with van der Waals surface area (Å²) < 4.78 is 5.77. The number of nitrogens with two attached hydrogens (primary N) is 1. The molecule has 0 aromatic heterocycles. The van der Waals surface area contributed by atoms with Crippen LogP contribution in [0.3, 0.4) is 0 Å². The van der Waals surface area contributed by atoms with Crippen LogP contribution in [-0.4, -0.2) is 13.1 Å². The Kier molecular flexibility index (Phi) is 5.31. The van der Waals surface area contributed by atoms with Crippen molar-refractivity contribution in [3.05, 3.63) is 69.0 Å². The second-order valence-electron chi connectivity index (χ2n) is 5.99. The van der Waals surface area contributed by atoms with E-state index in [1.807, 2.05) is 24.3 Å². The highest BCUT2D eigenvalue weighted by molar-refractivity contribution is 6.42. The van der Waals surface area contributed by atoms with E-state index in [0.717, 1.165) is 29.9 Å². The van der Waals surface area contributed by atoms with Gasteiger partial charge in [0, 0.05) is 30.4 Å². The molecule has 1 aliphatic heterocycles. The first-order valence-electron chi connectivity index (χ1n) is 8.41. The number of fused-ring (bicyclic) bond motifs is 1. The van der Waals surface area contributed by atoms with E-state index in [9.17, 15) is 5.26 Å². The molecule has 134 valence electrons. The van der Waals surface area contributed by atoms with Crippen molar-refractivity contribution in [2.24, 2.45) is 5.73 Å². The number of hydrogen-bond donors (Lipinski definition) is 1. The molecule has 1 atom stereocenters. The monoisotopic (exact) mass is 387 g/mol. The van der Waals surface area contributed by atoms with Gasteiger partial charge in [0.1, 0.15) is 17.4 Å². The van der Waals surface area contributed by atoms with Gasteiger partial charge in [0.2, 0.25) is 5.88 Å². The number of rotatable bonds is 4. The third kappa shape index (κ3) is 3.21. The van der Waals surface area contributed by atoms with Crippen molar-refractivity contribution in [2.45, 2.75) is 19.8 Å². The van der Waals surface area contributed by atoms with Gasteiger partial charge in [0.05, 0.1) is 16.0 Å². The van der Waals surface area contributed by atoms with Gasteiger partial charge >= 0.3 is 0 Å². The van der Waals surface area contributed by atoms with Crippen LogP contribution in [0.1, 0.15) is 30.9 Å². The van der Waals surface area contributed by atoms with Crippen LogP contribution in [0.2, 0.25) is 10.0 Å². The van der Waals surface area contributed by atoms with Crippen molar-refractivity contribution < 1.29 is 4.74 Å². The zero-order chi connectivity index (χ0) is 18.8. The quantitative estimate of drug-likeness (QED) is 0.796. The molecule has 0 aliphatic carbocycles. The second-order valence-corrected chi connectivity index (χ2v) is 6.81. The third-order valence-electron chi connectivity index (χ3n) is 4.61. The maximum absolute atomic E-state index is 9.63. The Morgan fingerprint density at radius 1 is 1.12 bits per heavy atom. The number of allylic oxidation sites excluding steroid dienone is 1. The Morgan fingerprint density at radius 3 is 2.46 bits per heavy atom. The number of hydrogen-bond acceptors (Lipinski definition) is 4. The summed E-state index contributed by atoms with van der Waals surface area (Å²) >= 11 is 12.2. The first kappa shape index (κ1) is 18.4. The van der Waals surface area contributed by atoms with Gasteiger partial charge in [-0.3, -0.25) is 0 Å². The predicted octanol–water partition coefficient (Wildman–Crippen LogP) is 5.06. The fourth-order valence-electron chi connectivity index (χ4n) is 3.26. The maximum Gasteiger partial charge on any atom is 0.205 e. The molecule has 2 aromatic rings. The van der Waals surface area contributed by atoms with Gasteiger partial charge < -0.3 is 15.4 Å². The van der Waals surface area contributed by atoms with Gasteiger partial charge in [-0.15, -0.1) is 0 Å². The molecule has 0 radical (unpaired) electrons. The van der Waals surface area contributed by atoms with Crippen LogP contribution in [0, 0.1) is 11.3 Å². The number of anilines is 1. The summed E-state index contributed by atoms with van der Waals surface area (Å²) in [4.78, 5) is 2.22. The average molecular weight is 388 g/mol. The Hall–Kier alpha value is -2.35. The van der Waals surface area contributed by atoms with E-state index in [0.29, 0.717) is 21.4 Å². The van der Waals surface area contributed by atoms with E-state index >= 15 is 0 Å². The Morgan fingerprint density at radius 2 is 1.85 bits per heavy atom. The lowest BCUT2D eigenvalue weighted by Crippen LogP contribution is -2.24. The largest absolute Gasteiger partial charge is 0.440 e. The van der Waals surface area contributed by atoms with E-state index in [2.05, 4.69) is 24.8 Å². The van der Waals surface area contributed by atoms with Crippen LogP contribution in [-0.2, 0) is 0 Å². The molecular weight excluding hydrogens is 369 g/mol. The Bertz CT molecular complexity index is 914. The lowest BCUT2D eigenvalue weighted by atomic mass is 9.83. The molecule has 0 spiro atoms. The fourth-order valence-corrected chi connectivity index (χ4v) is 3.57. The number of halogens is 2. The minimum Gasteiger partial charge on any atom is -0.440 e. The lowest BCUT2D eigenvalue weighted by Gasteiger charge is -2.29. The average Bonchev–Trinajstić information content (AvgIpc) is 2.64. The highest BCUT2D eigenvalue weighted by Crippen LogP contribution is 2.44. The van der Waals surface area contributed by atoms with Crippen LogP contribution < -0.4 is 15.4 Å². The lowest BCUT2D eigenvalue weighted by molar-refractivity contribution is 0.393. The van der Waals surface area contributed by atoms with Crippen molar-refractivity contribution in [1.29, 1.82) is 5.26 Å². The fraction of sp³-hybridized carbons (Fsp3) is 0.250. The molecule has 0 unspecified atom stereocenters. The van der Waals surface area contributed by atoms with Gasteiger partial charge in [-0.1, -0.05) is 35.3 Å². The topological polar surface area (TPSA) is 62.3 Å². The highest BCUT2D eigenvalue weighted by Gasteiger charge is 2.31. The minimum absolute atomic E-state index is 0.118. The molecule has 0 amide bonds. The molecule has 26 heavy (non-hydrogen) atoms. The molecule has 1 aliphatic rings. The molecule has 2 aromatic carbocycles. The first-order valence-corrected chi connectivity index (χ1v) is 9.17. The van der Waals surface area contributed by atoms with E-state index in [4.69, 9.17) is 33.7 Å². The van der Waals surface area contributed by atoms with Crippen molar-refractivity contribution in [3.8, 4) is 11.8 Å². The van der Waals surface area contributed by atoms with Crippen molar-refractivity contribution in [3.63, 3.8) is 0 Å². The van der Waals surface area contributed by atoms with Gasteiger partial charge in [0.15, 0.2) is 0 Å². The van der Waals surface area contributed by atoms with Crippen molar-refractivity contribution in [2.75, 3.05) is 18.0 Å². The van der Waals surface area contributed by atoms with Gasteiger partial charge in [0.25, 0.3) is 0 Å². The smallest absolute Gasteiger partial charge is 0.205 e. The standard InChI is InChI=1S/C20H19Cl2N3O/c1-3-25(4-2)13-6-7-14-18(10-13)26-20(24)15(11-23)19(14)12-5-8-16(21)17(22)9-12/h5-10,19H,3-4,24H2,1-2H3/t19-/m1/s1. The number of nitriles is 1. The van der Waals surface area contributed by atoms with E-state index in [-0.39, 0.29) is 11.8 Å². The van der Waals surface area contributed by atoms with Crippen LogP contribution >= 0.6 is 23.2 Å². The molecular formula is C20H19Cl2N3O. The molecule has 3 rings (SSSR count). The number of benzene rings is 2. The molecule has 0 fully saturated rings. The summed E-state index contributed by atoms with van der Waals surface area (Å²) in [6, 6.07) is 13.5.